The van der Waals surface area contributed by atoms with Crippen LogP contribution in [0.1, 0.15) is 42.3 Å². The van der Waals surface area contributed by atoms with E-state index in [0.717, 1.165) is 44.5 Å². The highest BCUT2D eigenvalue weighted by Gasteiger charge is 2.33. The molecule has 1 fully saturated rings. The number of carbonyl (C=O) groups excluding carboxylic acids is 1. The Bertz CT molecular complexity index is 1370. The molecule has 7 nitrogen and oxygen atoms in total. The predicted octanol–water partition coefficient (Wildman–Crippen LogP) is 6.31. The Morgan fingerprint density at radius 1 is 1.14 bits per heavy atom. The molecule has 0 atom stereocenters. The van der Waals surface area contributed by atoms with Crippen molar-refractivity contribution in [3.63, 3.8) is 0 Å². The lowest BCUT2D eigenvalue weighted by molar-refractivity contribution is -0.124. The maximum absolute atomic E-state index is 13.6. The molecule has 1 N–H and O–H groups in total. The Kier molecular flexibility index (Phi) is 6.85. The second kappa shape index (κ2) is 10.1. The summed E-state index contributed by atoms with van der Waals surface area (Å²) >= 11 is 2.40. The van der Waals surface area contributed by atoms with Gasteiger partial charge in [-0.3, -0.25) is 4.79 Å². The Labute approximate surface area is 214 Å². The summed E-state index contributed by atoms with van der Waals surface area (Å²) < 4.78 is 28.8. The molecule has 36 heavy (non-hydrogen) atoms. The fourth-order valence-corrected chi connectivity index (χ4v) is 6.63. The molecule has 1 saturated carbocycles. The van der Waals surface area contributed by atoms with Crippen molar-refractivity contribution in [2.24, 2.45) is 11.8 Å². The molecule has 5 rings (SSSR count). The third kappa shape index (κ3) is 4.90. The molecule has 4 aromatic heterocycles. The number of fused-ring (bicyclic) bond motifs is 1. The van der Waals surface area contributed by atoms with Gasteiger partial charge in [0.1, 0.15) is 10.6 Å². The molecular weight excluding hydrogens is 506 g/mol. The lowest BCUT2D eigenvalue weighted by atomic mass is 9.82. The summed E-state index contributed by atoms with van der Waals surface area (Å²) in [7, 11) is 0. The summed E-state index contributed by atoms with van der Waals surface area (Å²) in [6.07, 6.45) is 3.67. The Morgan fingerprint density at radius 2 is 1.89 bits per heavy atom. The Hall–Kier alpha value is -3.18. The Balaban J connectivity index is 1.48. The van der Waals surface area contributed by atoms with Gasteiger partial charge in [-0.05, 0) is 55.9 Å². The third-order valence-electron chi connectivity index (χ3n) is 6.49. The predicted molar refractivity (Wildman–Crippen MR) is 136 cm³/mol. The molecule has 0 spiro atoms. The topological polar surface area (TPSA) is 87.8 Å². The van der Waals surface area contributed by atoms with Gasteiger partial charge in [0.2, 0.25) is 5.91 Å². The van der Waals surface area contributed by atoms with Crippen LogP contribution in [0.3, 0.4) is 0 Å². The van der Waals surface area contributed by atoms with Gasteiger partial charge in [-0.15, -0.1) is 22.7 Å². The molecule has 1 amide bonds. The van der Waals surface area contributed by atoms with Gasteiger partial charge in [0.05, 0.1) is 17.1 Å². The first-order chi connectivity index (χ1) is 17.3. The van der Waals surface area contributed by atoms with Crippen LogP contribution in [0.15, 0.2) is 42.7 Å². The standard InChI is InChI=1S/C25H24F2N4O3S2/c1-14-3-5-15(6-4-14)24(32)30(13-21(26)27)17-12-20(36-23(17)25(33)34)19-8-7-18(35-19)16-11-22-28-9-2-10-31(22)29-16/h2,7-12,14-15,21H,3-6,13H2,1H3,(H,33,34). The van der Waals surface area contributed by atoms with E-state index >= 15 is 0 Å². The fraction of sp³-hybridized carbons (Fsp3) is 0.360. The molecule has 1 aliphatic carbocycles. The van der Waals surface area contributed by atoms with E-state index in [1.54, 1.807) is 29.0 Å². The van der Waals surface area contributed by atoms with Gasteiger partial charge in [-0.1, -0.05) is 6.92 Å². The van der Waals surface area contributed by atoms with E-state index in [1.165, 1.54) is 11.3 Å². The number of nitrogens with zero attached hydrogens (tertiary/aromatic N) is 4. The number of alkyl halides is 2. The van der Waals surface area contributed by atoms with Gasteiger partial charge in [0.25, 0.3) is 6.43 Å². The van der Waals surface area contributed by atoms with E-state index in [2.05, 4.69) is 17.0 Å². The molecule has 0 saturated heterocycles. The number of hydrogen-bond acceptors (Lipinski definition) is 6. The van der Waals surface area contributed by atoms with Crippen molar-refractivity contribution in [3.05, 3.63) is 47.6 Å². The van der Waals surface area contributed by atoms with Crippen molar-refractivity contribution in [1.29, 1.82) is 0 Å². The van der Waals surface area contributed by atoms with E-state index in [-0.39, 0.29) is 16.5 Å². The van der Waals surface area contributed by atoms with Crippen LogP contribution in [0.2, 0.25) is 0 Å². The zero-order valence-corrected chi connectivity index (χ0v) is 21.1. The highest BCUT2D eigenvalue weighted by Crippen LogP contribution is 2.43. The van der Waals surface area contributed by atoms with E-state index in [1.807, 2.05) is 18.2 Å². The number of hydrogen-bond donors (Lipinski definition) is 1. The molecular formula is C25H24F2N4O3S2. The molecule has 0 bridgehead atoms. The normalized spacial score (nSPS) is 18.1. The number of aromatic carboxylic acids is 1. The van der Waals surface area contributed by atoms with Gasteiger partial charge in [-0.25, -0.2) is 23.1 Å². The van der Waals surface area contributed by atoms with Crippen LogP contribution < -0.4 is 4.90 Å². The molecule has 188 valence electrons. The number of carboxylic acids is 1. The monoisotopic (exact) mass is 530 g/mol. The van der Waals surface area contributed by atoms with Crippen molar-refractivity contribution >= 4 is 45.9 Å². The number of thiophene rings is 2. The zero-order chi connectivity index (χ0) is 25.4. The van der Waals surface area contributed by atoms with Gasteiger partial charge in [-0.2, -0.15) is 5.10 Å². The van der Waals surface area contributed by atoms with E-state index < -0.39 is 24.8 Å². The molecule has 4 aromatic rings. The summed E-state index contributed by atoms with van der Waals surface area (Å²) in [5.41, 5.74) is 1.46. The summed E-state index contributed by atoms with van der Waals surface area (Å²) in [5, 5.41) is 14.4. The van der Waals surface area contributed by atoms with E-state index in [9.17, 15) is 23.5 Å². The third-order valence-corrected chi connectivity index (χ3v) is 8.90. The first kappa shape index (κ1) is 24.5. The van der Waals surface area contributed by atoms with Gasteiger partial charge in [0.15, 0.2) is 5.65 Å². The minimum absolute atomic E-state index is 0.0401. The van der Waals surface area contributed by atoms with Crippen molar-refractivity contribution in [3.8, 4) is 20.3 Å². The quantitative estimate of drug-likeness (QED) is 0.303. The van der Waals surface area contributed by atoms with Crippen LogP contribution in [0, 0.1) is 11.8 Å². The minimum Gasteiger partial charge on any atom is -0.477 e. The lowest BCUT2D eigenvalue weighted by Crippen LogP contribution is -2.41. The highest BCUT2D eigenvalue weighted by molar-refractivity contribution is 7.24. The minimum atomic E-state index is -2.78. The zero-order valence-electron chi connectivity index (χ0n) is 19.4. The molecule has 0 radical (unpaired) electrons. The summed E-state index contributed by atoms with van der Waals surface area (Å²) in [5.74, 6) is -1.54. The highest BCUT2D eigenvalue weighted by atomic mass is 32.1. The smallest absolute Gasteiger partial charge is 0.348 e. The first-order valence-corrected chi connectivity index (χ1v) is 13.3. The van der Waals surface area contributed by atoms with Crippen LogP contribution in [0.4, 0.5) is 14.5 Å². The molecule has 1 aliphatic rings. The summed E-state index contributed by atoms with van der Waals surface area (Å²) in [4.78, 5) is 32.8. The average molecular weight is 531 g/mol. The molecule has 4 heterocycles. The Morgan fingerprint density at radius 3 is 2.58 bits per heavy atom. The number of aromatic nitrogens is 3. The maximum Gasteiger partial charge on any atom is 0.348 e. The van der Waals surface area contributed by atoms with Crippen LogP contribution in [-0.2, 0) is 4.79 Å². The summed E-state index contributed by atoms with van der Waals surface area (Å²) in [6, 6.07) is 8.92. The van der Waals surface area contributed by atoms with Gasteiger partial charge < -0.3 is 10.0 Å². The second-order valence-electron chi connectivity index (χ2n) is 9.04. The van der Waals surface area contributed by atoms with Crippen molar-refractivity contribution in [2.75, 3.05) is 11.4 Å². The number of anilines is 1. The van der Waals surface area contributed by atoms with Crippen LogP contribution in [-0.4, -0.2) is 44.6 Å². The van der Waals surface area contributed by atoms with E-state index in [0.29, 0.717) is 29.3 Å². The molecule has 0 aliphatic heterocycles. The maximum atomic E-state index is 13.6. The largest absolute Gasteiger partial charge is 0.477 e. The van der Waals surface area contributed by atoms with Crippen LogP contribution >= 0.6 is 22.7 Å². The van der Waals surface area contributed by atoms with Crippen molar-refractivity contribution < 1.29 is 23.5 Å². The first-order valence-electron chi connectivity index (χ1n) is 11.7. The van der Waals surface area contributed by atoms with E-state index in [4.69, 9.17) is 0 Å². The van der Waals surface area contributed by atoms with Gasteiger partial charge >= 0.3 is 5.97 Å². The number of halogens is 2. The van der Waals surface area contributed by atoms with Crippen LogP contribution in [0.25, 0.3) is 26.0 Å². The lowest BCUT2D eigenvalue weighted by Gasteiger charge is -2.31. The molecule has 0 aromatic carbocycles. The van der Waals surface area contributed by atoms with Gasteiger partial charge in [0, 0.05) is 34.1 Å². The summed E-state index contributed by atoms with van der Waals surface area (Å²) in [6.45, 7) is 1.29. The van der Waals surface area contributed by atoms with Crippen molar-refractivity contribution in [2.45, 2.75) is 39.0 Å². The molecule has 11 heteroatoms. The number of amides is 1. The van der Waals surface area contributed by atoms with Crippen molar-refractivity contribution in [1.82, 2.24) is 14.6 Å². The number of carbonyl (C=O) groups is 2. The number of carboxylic acid groups (broad SMARTS) is 1. The second-order valence-corrected chi connectivity index (χ2v) is 11.2. The average Bonchev–Trinajstić information content (AvgIpc) is 3.60. The number of rotatable bonds is 7. The SMILES string of the molecule is CC1CCC(C(=O)N(CC(F)F)c2cc(-c3ccc(-c4cc5ncccn5n4)s3)sc2C(=O)O)CC1. The molecule has 0 unspecified atom stereocenters. The van der Waals surface area contributed by atoms with Crippen LogP contribution in [0.5, 0.6) is 0 Å². The fourth-order valence-electron chi connectivity index (χ4n) is 4.59.